The first-order valence-corrected chi connectivity index (χ1v) is 4.47. The van der Waals surface area contributed by atoms with Crippen LogP contribution in [0.1, 0.15) is 32.2 Å². The molecule has 0 aliphatic carbocycles. The second-order valence-electron chi connectivity index (χ2n) is 4.29. The fourth-order valence-corrected chi connectivity index (χ4v) is 0.866. The smallest absolute Gasteiger partial charge is 0.316 e. The maximum atomic E-state index is 11.5. The number of aromatic nitrogens is 1. The van der Waals surface area contributed by atoms with Crippen molar-refractivity contribution in [3.63, 3.8) is 0 Å². The summed E-state index contributed by atoms with van der Waals surface area (Å²) in [5.41, 5.74) is 0.0796. The number of esters is 1. The van der Waals surface area contributed by atoms with Crippen LogP contribution in [0.25, 0.3) is 0 Å². The first-order valence-electron chi connectivity index (χ1n) is 4.47. The van der Waals surface area contributed by atoms with Crippen molar-refractivity contribution in [1.29, 1.82) is 0 Å². The third-order valence-electron chi connectivity index (χ3n) is 1.78. The second kappa shape index (κ2) is 4.89. The summed E-state index contributed by atoms with van der Waals surface area (Å²) in [5.74, 6) is 0.678. The van der Waals surface area contributed by atoms with Crippen molar-refractivity contribution in [2.24, 2.45) is 5.41 Å². The fourth-order valence-electron chi connectivity index (χ4n) is 0.866. The summed E-state index contributed by atoms with van der Waals surface area (Å²) in [7, 11) is 0. The van der Waals surface area contributed by atoms with Crippen molar-refractivity contribution < 1.29 is 33.5 Å². The number of aryl methyl sites for hydroxylation is 2. The zero-order valence-electron chi connectivity index (χ0n) is 9.88. The molecule has 80 valence electrons. The molecule has 0 spiro atoms. The Hall–Kier alpha value is -0.697. The van der Waals surface area contributed by atoms with E-state index in [1.54, 1.807) is 34.6 Å². The standard InChI is InChI=1S/C10H15NO3.Zn/c1-6-8(7(2)14-11-6)13-9(12)10(3,4)5;/h1-5H3;. The molecule has 1 heterocycles. The minimum atomic E-state index is -0.518. The molecule has 0 bridgehead atoms. The van der Waals surface area contributed by atoms with Crippen LogP contribution in [0.4, 0.5) is 0 Å². The van der Waals surface area contributed by atoms with Gasteiger partial charge in [0.1, 0.15) is 5.69 Å². The molecule has 1 aromatic heterocycles. The van der Waals surface area contributed by atoms with E-state index in [1.165, 1.54) is 0 Å². The molecule has 5 heteroatoms. The summed E-state index contributed by atoms with van der Waals surface area (Å²) in [4.78, 5) is 11.5. The van der Waals surface area contributed by atoms with Crippen LogP contribution in [0.5, 0.6) is 5.75 Å². The minimum Gasteiger partial charge on any atom is -0.420 e. The zero-order chi connectivity index (χ0) is 10.9. The SMILES string of the molecule is Cc1noc(C)c1OC(=O)C(C)(C)C.[Zn]. The third-order valence-corrected chi connectivity index (χ3v) is 1.78. The topological polar surface area (TPSA) is 52.3 Å². The van der Waals surface area contributed by atoms with Crippen LogP contribution in [0.2, 0.25) is 0 Å². The third kappa shape index (κ3) is 3.42. The maximum Gasteiger partial charge on any atom is 0.316 e. The minimum absolute atomic E-state index is 0. The molecule has 0 unspecified atom stereocenters. The maximum absolute atomic E-state index is 11.5. The predicted octanol–water partition coefficient (Wildman–Crippen LogP) is 2.24. The Balaban J connectivity index is 0.00000196. The summed E-state index contributed by atoms with van der Waals surface area (Å²) < 4.78 is 10.1. The van der Waals surface area contributed by atoms with Crippen LogP contribution in [0.3, 0.4) is 0 Å². The first kappa shape index (κ1) is 14.3. The van der Waals surface area contributed by atoms with Crippen LogP contribution < -0.4 is 4.74 Å². The van der Waals surface area contributed by atoms with Crippen LogP contribution in [0.15, 0.2) is 4.52 Å². The molecule has 0 aliphatic heterocycles. The number of rotatable bonds is 1. The molecule has 0 fully saturated rings. The number of hydrogen-bond donors (Lipinski definition) is 0. The number of carbonyl (C=O) groups is 1. The molecule has 0 saturated carbocycles. The monoisotopic (exact) mass is 261 g/mol. The van der Waals surface area contributed by atoms with E-state index in [0.717, 1.165) is 0 Å². The van der Waals surface area contributed by atoms with E-state index in [4.69, 9.17) is 9.26 Å². The largest absolute Gasteiger partial charge is 0.420 e. The van der Waals surface area contributed by atoms with Gasteiger partial charge >= 0.3 is 5.97 Å². The Bertz CT molecular complexity index is 333. The summed E-state index contributed by atoms with van der Waals surface area (Å²) in [6, 6.07) is 0. The molecule has 15 heavy (non-hydrogen) atoms. The zero-order valence-corrected chi connectivity index (χ0v) is 12.8. The van der Waals surface area contributed by atoms with Gasteiger partial charge in [-0.1, -0.05) is 5.16 Å². The van der Waals surface area contributed by atoms with Crippen molar-refractivity contribution in [3.05, 3.63) is 11.5 Å². The number of ether oxygens (including phenoxy) is 1. The Kier molecular flexibility index (Phi) is 4.66. The van der Waals surface area contributed by atoms with Gasteiger partial charge in [-0.25, -0.2) is 0 Å². The van der Waals surface area contributed by atoms with Gasteiger partial charge < -0.3 is 9.26 Å². The Morgan fingerprint density at radius 1 is 1.33 bits per heavy atom. The summed E-state index contributed by atoms with van der Waals surface area (Å²) >= 11 is 0. The van der Waals surface area contributed by atoms with Gasteiger partial charge in [-0.3, -0.25) is 4.79 Å². The van der Waals surface area contributed by atoms with Gasteiger partial charge in [0.25, 0.3) is 0 Å². The van der Waals surface area contributed by atoms with Crippen LogP contribution >= 0.6 is 0 Å². The van der Waals surface area contributed by atoms with E-state index in [9.17, 15) is 4.79 Å². The molecule has 0 amide bonds. The molecule has 0 saturated heterocycles. The molecule has 0 aliphatic rings. The fraction of sp³-hybridized carbons (Fsp3) is 0.600. The Labute approximate surface area is 102 Å². The molecule has 0 aromatic carbocycles. The average Bonchev–Trinajstić information content (AvgIpc) is 2.34. The summed E-state index contributed by atoms with van der Waals surface area (Å²) in [6.45, 7) is 8.85. The van der Waals surface area contributed by atoms with Crippen molar-refractivity contribution in [3.8, 4) is 5.75 Å². The average molecular weight is 263 g/mol. The van der Waals surface area contributed by atoms with E-state index in [0.29, 0.717) is 17.2 Å². The quantitative estimate of drug-likeness (QED) is 0.575. The molecule has 0 atom stereocenters. The van der Waals surface area contributed by atoms with Crippen LogP contribution in [-0.2, 0) is 24.3 Å². The van der Waals surface area contributed by atoms with Gasteiger partial charge in [0, 0.05) is 26.4 Å². The number of hydrogen-bond acceptors (Lipinski definition) is 4. The molecule has 0 radical (unpaired) electrons. The van der Waals surface area contributed by atoms with E-state index < -0.39 is 5.41 Å². The normalized spacial score (nSPS) is 10.7. The second-order valence-corrected chi connectivity index (χ2v) is 4.29. The molecular weight excluding hydrogens is 248 g/mol. The molecule has 1 rings (SSSR count). The molecule has 4 nitrogen and oxygen atoms in total. The van der Waals surface area contributed by atoms with E-state index in [2.05, 4.69) is 5.16 Å². The molecule has 0 N–H and O–H groups in total. The summed E-state index contributed by atoms with van der Waals surface area (Å²) in [5, 5.41) is 3.70. The van der Waals surface area contributed by atoms with Crippen LogP contribution in [-0.4, -0.2) is 11.1 Å². The van der Waals surface area contributed by atoms with E-state index >= 15 is 0 Å². The van der Waals surface area contributed by atoms with Crippen molar-refractivity contribution >= 4 is 5.97 Å². The van der Waals surface area contributed by atoms with Gasteiger partial charge in [-0.2, -0.15) is 0 Å². The van der Waals surface area contributed by atoms with Crippen molar-refractivity contribution in [2.75, 3.05) is 0 Å². The van der Waals surface area contributed by atoms with E-state index in [1.807, 2.05) is 0 Å². The number of carbonyl (C=O) groups excluding carboxylic acids is 1. The molecule has 1 aromatic rings. The summed E-state index contributed by atoms with van der Waals surface area (Å²) in [6.07, 6.45) is 0. The number of nitrogens with zero attached hydrogens (tertiary/aromatic N) is 1. The van der Waals surface area contributed by atoms with E-state index in [-0.39, 0.29) is 25.4 Å². The predicted molar refractivity (Wildman–Crippen MR) is 51.1 cm³/mol. The van der Waals surface area contributed by atoms with Gasteiger partial charge in [-0.15, -0.1) is 0 Å². The Morgan fingerprint density at radius 3 is 2.20 bits per heavy atom. The van der Waals surface area contributed by atoms with Crippen LogP contribution in [0, 0.1) is 19.3 Å². The van der Waals surface area contributed by atoms with Crippen molar-refractivity contribution in [2.45, 2.75) is 34.6 Å². The molecular formula is C10H15NO3Zn. The van der Waals surface area contributed by atoms with Gasteiger partial charge in [0.05, 0.1) is 5.41 Å². The van der Waals surface area contributed by atoms with Crippen molar-refractivity contribution in [1.82, 2.24) is 5.16 Å². The van der Waals surface area contributed by atoms with Gasteiger partial charge in [-0.05, 0) is 27.7 Å². The first-order chi connectivity index (χ1) is 6.32. The Morgan fingerprint density at radius 2 is 1.87 bits per heavy atom. The van der Waals surface area contributed by atoms with Gasteiger partial charge in [0.15, 0.2) is 11.5 Å². The van der Waals surface area contributed by atoms with Gasteiger partial charge in [0.2, 0.25) is 0 Å².